The van der Waals surface area contributed by atoms with Crippen LogP contribution in [-0.2, 0) is 16.4 Å². The number of benzene rings is 3. The van der Waals surface area contributed by atoms with Crippen LogP contribution in [0.2, 0.25) is 5.02 Å². The number of hydrogen-bond acceptors (Lipinski definition) is 4. The third-order valence-electron chi connectivity index (χ3n) is 4.96. The monoisotopic (exact) mass is 498 g/mol. The van der Waals surface area contributed by atoms with Crippen LogP contribution in [0, 0.1) is 5.82 Å². The van der Waals surface area contributed by atoms with E-state index in [1.807, 2.05) is 36.5 Å². The van der Waals surface area contributed by atoms with E-state index in [4.69, 9.17) is 11.6 Å². The van der Waals surface area contributed by atoms with E-state index in [0.29, 0.717) is 18.5 Å². The number of aromatic nitrogens is 2. The smallest absolute Gasteiger partial charge is 0.261 e. The zero-order valence-electron chi connectivity index (χ0n) is 17.8. The molecule has 0 unspecified atom stereocenters. The van der Waals surface area contributed by atoms with Gasteiger partial charge in [0.2, 0.25) is 0 Å². The topological polar surface area (TPSA) is 93.1 Å². The molecule has 0 radical (unpaired) electrons. The first kappa shape index (κ1) is 23.5. The van der Waals surface area contributed by atoms with Crippen molar-refractivity contribution < 1.29 is 17.6 Å². The number of para-hydroxylation sites is 1. The Labute approximate surface area is 201 Å². The number of nitrogens with zero attached hydrogens (tertiary/aromatic N) is 2. The number of nitrogens with one attached hydrogen (secondary N) is 2. The largest absolute Gasteiger partial charge is 0.352 e. The van der Waals surface area contributed by atoms with E-state index in [9.17, 15) is 17.6 Å². The fraction of sp³-hybridized carbons (Fsp3) is 0.0833. The average Bonchev–Trinajstić information content (AvgIpc) is 3.30. The van der Waals surface area contributed by atoms with Gasteiger partial charge in [-0.25, -0.2) is 17.5 Å². The van der Waals surface area contributed by atoms with Crippen molar-refractivity contribution in [2.45, 2.75) is 11.3 Å². The second kappa shape index (κ2) is 10.1. The summed E-state index contributed by atoms with van der Waals surface area (Å²) in [5.41, 5.74) is 2.57. The Morgan fingerprint density at radius 2 is 1.76 bits per heavy atom. The second-order valence-electron chi connectivity index (χ2n) is 7.39. The maximum atomic E-state index is 13.3. The molecule has 0 atom stereocenters. The van der Waals surface area contributed by atoms with E-state index in [-0.39, 0.29) is 21.5 Å². The van der Waals surface area contributed by atoms with Crippen molar-refractivity contribution in [1.82, 2.24) is 15.1 Å². The molecule has 0 spiro atoms. The SMILES string of the molecule is O=C(NCCc1cnn(-c2ccccc2)c1)c1ccc(NS(=O)(=O)c2ccc(F)c(Cl)c2)cc1. The molecule has 0 saturated carbocycles. The highest BCUT2D eigenvalue weighted by Crippen LogP contribution is 2.22. The number of rotatable bonds is 8. The van der Waals surface area contributed by atoms with Crippen LogP contribution in [0.3, 0.4) is 0 Å². The van der Waals surface area contributed by atoms with Gasteiger partial charge in [-0.1, -0.05) is 29.8 Å². The summed E-state index contributed by atoms with van der Waals surface area (Å²) < 4.78 is 42.4. The van der Waals surface area contributed by atoms with Crippen molar-refractivity contribution in [3.63, 3.8) is 0 Å². The zero-order chi connectivity index (χ0) is 24.1. The molecule has 0 aliphatic heterocycles. The van der Waals surface area contributed by atoms with Gasteiger partial charge in [0.25, 0.3) is 15.9 Å². The summed E-state index contributed by atoms with van der Waals surface area (Å²) in [5, 5.41) is 6.88. The number of anilines is 1. The van der Waals surface area contributed by atoms with Gasteiger partial charge >= 0.3 is 0 Å². The molecule has 1 heterocycles. The van der Waals surface area contributed by atoms with Crippen LogP contribution < -0.4 is 10.0 Å². The van der Waals surface area contributed by atoms with Gasteiger partial charge in [0, 0.05) is 24.0 Å². The van der Waals surface area contributed by atoms with Gasteiger partial charge in [-0.15, -0.1) is 0 Å². The summed E-state index contributed by atoms with van der Waals surface area (Å²) in [6.07, 6.45) is 4.28. The fourth-order valence-electron chi connectivity index (χ4n) is 3.18. The summed E-state index contributed by atoms with van der Waals surface area (Å²) in [5.74, 6) is -0.990. The highest BCUT2D eigenvalue weighted by molar-refractivity contribution is 7.92. The summed E-state index contributed by atoms with van der Waals surface area (Å²) in [7, 11) is -3.96. The number of hydrogen-bond donors (Lipinski definition) is 2. The third-order valence-corrected chi connectivity index (χ3v) is 6.63. The minimum atomic E-state index is -3.96. The maximum absolute atomic E-state index is 13.3. The fourth-order valence-corrected chi connectivity index (χ4v) is 4.51. The summed E-state index contributed by atoms with van der Waals surface area (Å²) in [6, 6.07) is 18.8. The number of carbonyl (C=O) groups is 1. The van der Waals surface area contributed by atoms with Crippen LogP contribution in [0.5, 0.6) is 0 Å². The van der Waals surface area contributed by atoms with Crippen molar-refractivity contribution >= 4 is 33.2 Å². The Balaban J connectivity index is 1.32. The molecule has 3 aromatic carbocycles. The molecule has 7 nitrogen and oxygen atoms in total. The lowest BCUT2D eigenvalue weighted by atomic mass is 10.2. The lowest BCUT2D eigenvalue weighted by Gasteiger charge is -2.10. The minimum absolute atomic E-state index is 0.170. The van der Waals surface area contributed by atoms with E-state index in [1.54, 1.807) is 10.9 Å². The lowest BCUT2D eigenvalue weighted by molar-refractivity contribution is 0.0954. The normalized spacial score (nSPS) is 11.2. The number of sulfonamides is 1. The van der Waals surface area contributed by atoms with Gasteiger partial charge in [-0.3, -0.25) is 9.52 Å². The molecule has 1 aromatic heterocycles. The Kier molecular flexibility index (Phi) is 6.95. The first-order valence-corrected chi connectivity index (χ1v) is 12.1. The quantitative estimate of drug-likeness (QED) is 0.375. The number of amides is 1. The summed E-state index contributed by atoms with van der Waals surface area (Å²) in [6.45, 7) is 0.416. The number of halogens is 2. The van der Waals surface area contributed by atoms with Crippen molar-refractivity contribution in [2.75, 3.05) is 11.3 Å². The number of carbonyl (C=O) groups excluding carboxylic acids is 1. The van der Waals surface area contributed by atoms with Crippen molar-refractivity contribution in [2.24, 2.45) is 0 Å². The molecular formula is C24H20ClFN4O3S. The zero-order valence-corrected chi connectivity index (χ0v) is 19.4. The van der Waals surface area contributed by atoms with Crippen molar-refractivity contribution in [1.29, 1.82) is 0 Å². The first-order valence-electron chi connectivity index (χ1n) is 10.3. The Morgan fingerprint density at radius 1 is 1.03 bits per heavy atom. The van der Waals surface area contributed by atoms with Crippen LogP contribution in [0.4, 0.5) is 10.1 Å². The van der Waals surface area contributed by atoms with Crippen LogP contribution in [-0.4, -0.2) is 30.7 Å². The molecule has 4 rings (SSSR count). The standard InChI is InChI=1S/C24H20ClFN4O3S/c25-22-14-21(10-11-23(22)26)34(32,33)29-19-8-6-18(7-9-19)24(31)27-13-12-17-15-28-30(16-17)20-4-2-1-3-5-20/h1-11,14-16,29H,12-13H2,(H,27,31). The van der Waals surface area contributed by atoms with Gasteiger partial charge in [0.05, 0.1) is 21.8 Å². The van der Waals surface area contributed by atoms with E-state index < -0.39 is 15.8 Å². The second-order valence-corrected chi connectivity index (χ2v) is 9.48. The molecule has 2 N–H and O–H groups in total. The van der Waals surface area contributed by atoms with Crippen LogP contribution >= 0.6 is 11.6 Å². The van der Waals surface area contributed by atoms with E-state index in [2.05, 4.69) is 15.1 Å². The van der Waals surface area contributed by atoms with Gasteiger partial charge < -0.3 is 5.32 Å². The Bertz CT molecular complexity index is 1410. The first-order chi connectivity index (χ1) is 16.3. The molecule has 4 aromatic rings. The van der Waals surface area contributed by atoms with Crippen LogP contribution in [0.15, 0.2) is 90.1 Å². The Morgan fingerprint density at radius 3 is 2.47 bits per heavy atom. The summed E-state index contributed by atoms with van der Waals surface area (Å²) in [4.78, 5) is 12.3. The predicted molar refractivity (Wildman–Crippen MR) is 128 cm³/mol. The van der Waals surface area contributed by atoms with Crippen molar-refractivity contribution in [3.8, 4) is 5.69 Å². The molecule has 0 bridgehead atoms. The third kappa shape index (κ3) is 5.62. The molecule has 34 heavy (non-hydrogen) atoms. The lowest BCUT2D eigenvalue weighted by Crippen LogP contribution is -2.25. The molecule has 0 fully saturated rings. The minimum Gasteiger partial charge on any atom is -0.352 e. The average molecular weight is 499 g/mol. The predicted octanol–water partition coefficient (Wildman–Crippen LogP) is 4.44. The van der Waals surface area contributed by atoms with Gasteiger partial charge in [0.1, 0.15) is 5.82 Å². The van der Waals surface area contributed by atoms with E-state index >= 15 is 0 Å². The summed E-state index contributed by atoms with van der Waals surface area (Å²) >= 11 is 5.67. The molecule has 174 valence electrons. The molecular weight excluding hydrogens is 479 g/mol. The molecule has 10 heteroatoms. The van der Waals surface area contributed by atoms with Gasteiger partial charge in [0.15, 0.2) is 0 Å². The van der Waals surface area contributed by atoms with E-state index in [0.717, 1.165) is 29.4 Å². The Hall–Kier alpha value is -3.69. The molecule has 0 saturated heterocycles. The van der Waals surface area contributed by atoms with Crippen LogP contribution in [0.25, 0.3) is 5.69 Å². The highest BCUT2D eigenvalue weighted by atomic mass is 35.5. The van der Waals surface area contributed by atoms with E-state index in [1.165, 1.54) is 24.3 Å². The molecule has 1 amide bonds. The maximum Gasteiger partial charge on any atom is 0.261 e. The molecule has 0 aliphatic rings. The highest BCUT2D eigenvalue weighted by Gasteiger charge is 2.16. The van der Waals surface area contributed by atoms with Crippen molar-refractivity contribution in [3.05, 3.63) is 107 Å². The van der Waals surface area contributed by atoms with Crippen LogP contribution in [0.1, 0.15) is 15.9 Å². The van der Waals surface area contributed by atoms with Gasteiger partial charge in [-0.05, 0) is 66.6 Å². The van der Waals surface area contributed by atoms with Gasteiger partial charge in [-0.2, -0.15) is 5.10 Å². The molecule has 0 aliphatic carbocycles.